The van der Waals surface area contributed by atoms with Crippen molar-refractivity contribution < 1.29 is 28.8 Å². The van der Waals surface area contributed by atoms with Crippen LogP contribution in [0.4, 0.5) is 0 Å². The third-order valence-electron chi connectivity index (χ3n) is 5.31. The Hall–Kier alpha value is -1.51. The lowest BCUT2D eigenvalue weighted by Crippen LogP contribution is -2.24. The number of ether oxygens (including phenoxy) is 5. The fraction of sp³-hybridized carbons (Fsp3) is 0.586. The molecule has 2 unspecified atom stereocenters. The first-order chi connectivity index (χ1) is 16.5. The van der Waals surface area contributed by atoms with Crippen molar-refractivity contribution in [3.05, 3.63) is 70.8 Å². The van der Waals surface area contributed by atoms with Crippen molar-refractivity contribution in [1.29, 1.82) is 0 Å². The van der Waals surface area contributed by atoms with Crippen LogP contribution in [-0.2, 0) is 36.2 Å². The molecule has 0 saturated carbocycles. The van der Waals surface area contributed by atoms with E-state index in [-0.39, 0.29) is 26.2 Å². The van der Waals surface area contributed by atoms with Crippen LogP contribution in [0.25, 0.3) is 0 Å². The van der Waals surface area contributed by atoms with Gasteiger partial charge in [0.05, 0.1) is 33.0 Å². The molecule has 204 valence electrons. The van der Waals surface area contributed by atoms with Crippen LogP contribution in [0.3, 0.4) is 0 Å². The molecule has 4 rings (SSSR count). The quantitative estimate of drug-likeness (QED) is 0.456. The zero-order chi connectivity index (χ0) is 25.9. The van der Waals surface area contributed by atoms with Gasteiger partial charge in [0, 0.05) is 5.88 Å². The first-order valence-corrected chi connectivity index (χ1v) is 12.5. The topological polar surface area (TPSA) is 66.4 Å². The van der Waals surface area contributed by atoms with Gasteiger partial charge < -0.3 is 28.8 Å². The van der Waals surface area contributed by atoms with E-state index in [2.05, 4.69) is 50.2 Å². The monoisotopic (exact) mass is 524 g/mol. The van der Waals surface area contributed by atoms with Gasteiger partial charge in [-0.05, 0) is 52.7 Å². The van der Waals surface area contributed by atoms with Crippen molar-refractivity contribution in [2.75, 3.05) is 26.4 Å². The lowest BCUT2D eigenvalue weighted by atomic mass is 10.2. The summed E-state index contributed by atoms with van der Waals surface area (Å²) < 4.78 is 27.1. The van der Waals surface area contributed by atoms with Gasteiger partial charge in [-0.2, -0.15) is 0 Å². The molecule has 0 aliphatic carbocycles. The molecular weight excluding hydrogens is 480 g/mol. The predicted octanol–water partition coefficient (Wildman–Crippen LogP) is 6.16. The summed E-state index contributed by atoms with van der Waals surface area (Å²) in [4.78, 5) is 0. The zero-order valence-electron chi connectivity index (χ0n) is 21.9. The minimum atomic E-state index is -0.493. The van der Waals surface area contributed by atoms with Gasteiger partial charge in [-0.25, -0.2) is 0 Å². The van der Waals surface area contributed by atoms with Crippen molar-refractivity contribution in [3.8, 4) is 0 Å². The molecule has 0 bridgehead atoms. The molecule has 2 aromatic rings. The summed E-state index contributed by atoms with van der Waals surface area (Å²) in [5, 5.41) is 8.59. The summed E-state index contributed by atoms with van der Waals surface area (Å²) in [5.41, 5.74) is 4.92. The normalized spacial score (nSPS) is 21.4. The SMILES string of the molecule is C.CC1(C)OCC(CO)O1.Cc1ccc(CCl)cc1.Cc1ccc(COCC2COC(C)(C)O2)cc1. The van der Waals surface area contributed by atoms with E-state index in [0.717, 1.165) is 0 Å². The highest BCUT2D eigenvalue weighted by Crippen LogP contribution is 2.23. The van der Waals surface area contributed by atoms with E-state index in [1.807, 2.05) is 39.8 Å². The predicted molar refractivity (Wildman–Crippen MR) is 145 cm³/mol. The smallest absolute Gasteiger partial charge is 0.163 e. The van der Waals surface area contributed by atoms with Crippen LogP contribution in [0, 0.1) is 13.8 Å². The first-order valence-electron chi connectivity index (χ1n) is 12.0. The molecule has 2 fully saturated rings. The summed E-state index contributed by atoms with van der Waals surface area (Å²) in [6, 6.07) is 16.6. The average Bonchev–Trinajstić information content (AvgIpc) is 3.36. The van der Waals surface area contributed by atoms with Gasteiger partial charge >= 0.3 is 0 Å². The third-order valence-corrected chi connectivity index (χ3v) is 5.61. The van der Waals surface area contributed by atoms with Crippen LogP contribution in [-0.4, -0.2) is 55.3 Å². The van der Waals surface area contributed by atoms with Crippen molar-refractivity contribution in [3.63, 3.8) is 0 Å². The van der Waals surface area contributed by atoms with Crippen LogP contribution in [0.1, 0.15) is 57.4 Å². The van der Waals surface area contributed by atoms with E-state index in [0.29, 0.717) is 32.3 Å². The van der Waals surface area contributed by atoms with Gasteiger partial charge in [0.25, 0.3) is 0 Å². The summed E-state index contributed by atoms with van der Waals surface area (Å²) in [6.45, 7) is 14.0. The molecule has 2 atom stereocenters. The standard InChI is InChI=1S/C14H20O3.C8H9Cl.C6H12O3.CH4/c1-11-4-6-12(7-5-11)8-15-9-13-10-16-14(2,3)17-13;1-7-2-4-8(6-9)5-3-7;1-6(2)8-4-5(3-7)9-6;/h4-7,13H,8-10H2,1-3H3;2-5H,6H2,1H3;5,7H,3-4H2,1-2H3;1H4. The molecule has 2 aliphatic rings. The lowest BCUT2D eigenvalue weighted by molar-refractivity contribution is -0.145. The molecule has 7 heteroatoms. The fourth-order valence-electron chi connectivity index (χ4n) is 3.37. The molecule has 0 spiro atoms. The van der Waals surface area contributed by atoms with Gasteiger partial charge in [0.15, 0.2) is 11.6 Å². The highest BCUT2D eigenvalue weighted by atomic mass is 35.5. The Morgan fingerprint density at radius 1 is 0.806 bits per heavy atom. The van der Waals surface area contributed by atoms with Crippen LogP contribution in [0.2, 0.25) is 0 Å². The Morgan fingerprint density at radius 2 is 1.25 bits per heavy atom. The van der Waals surface area contributed by atoms with Crippen LogP contribution < -0.4 is 0 Å². The summed E-state index contributed by atoms with van der Waals surface area (Å²) in [6.07, 6.45) is -0.0737. The molecular formula is C29H45ClO6. The summed E-state index contributed by atoms with van der Waals surface area (Å²) >= 11 is 5.58. The van der Waals surface area contributed by atoms with Gasteiger partial charge in [0.1, 0.15) is 12.2 Å². The number of halogens is 1. The molecule has 0 radical (unpaired) electrons. The van der Waals surface area contributed by atoms with Crippen molar-refractivity contribution in [1.82, 2.24) is 0 Å². The van der Waals surface area contributed by atoms with Crippen LogP contribution in [0.5, 0.6) is 0 Å². The van der Waals surface area contributed by atoms with Gasteiger partial charge in [-0.15, -0.1) is 11.6 Å². The van der Waals surface area contributed by atoms with E-state index in [1.54, 1.807) is 0 Å². The number of hydrogen-bond acceptors (Lipinski definition) is 6. The second-order valence-corrected chi connectivity index (χ2v) is 9.97. The van der Waals surface area contributed by atoms with E-state index < -0.39 is 11.6 Å². The van der Waals surface area contributed by atoms with E-state index in [9.17, 15) is 0 Å². The molecule has 2 saturated heterocycles. The van der Waals surface area contributed by atoms with Crippen molar-refractivity contribution in [2.45, 2.75) is 85.2 Å². The zero-order valence-corrected chi connectivity index (χ0v) is 22.6. The molecule has 36 heavy (non-hydrogen) atoms. The molecule has 6 nitrogen and oxygen atoms in total. The second kappa shape index (κ2) is 15.7. The Balaban J connectivity index is 0.000000291. The van der Waals surface area contributed by atoms with Gasteiger partial charge in [0.2, 0.25) is 0 Å². The Labute approximate surface area is 222 Å². The second-order valence-electron chi connectivity index (χ2n) is 9.70. The minimum absolute atomic E-state index is 0. The third kappa shape index (κ3) is 12.6. The molecule has 0 amide bonds. The highest BCUT2D eigenvalue weighted by molar-refractivity contribution is 6.17. The largest absolute Gasteiger partial charge is 0.394 e. The Kier molecular flexibility index (Phi) is 14.2. The van der Waals surface area contributed by atoms with Crippen molar-refractivity contribution in [2.24, 2.45) is 0 Å². The summed E-state index contributed by atoms with van der Waals surface area (Å²) in [7, 11) is 0. The Bertz CT molecular complexity index is 851. The molecule has 1 N–H and O–H groups in total. The van der Waals surface area contributed by atoms with Crippen molar-refractivity contribution >= 4 is 11.6 Å². The van der Waals surface area contributed by atoms with E-state index >= 15 is 0 Å². The first kappa shape index (κ1) is 32.5. The maximum atomic E-state index is 8.59. The maximum absolute atomic E-state index is 8.59. The molecule has 2 aromatic carbocycles. The van der Waals surface area contributed by atoms with Crippen LogP contribution in [0.15, 0.2) is 48.5 Å². The Morgan fingerprint density at radius 3 is 1.61 bits per heavy atom. The number of aliphatic hydroxyl groups is 1. The lowest BCUT2D eigenvalue weighted by Gasteiger charge is -2.17. The van der Waals surface area contributed by atoms with Crippen LogP contribution >= 0.6 is 11.6 Å². The number of benzene rings is 2. The van der Waals surface area contributed by atoms with Gasteiger partial charge in [-0.1, -0.05) is 67.1 Å². The fourth-order valence-corrected chi connectivity index (χ4v) is 3.55. The number of aliphatic hydroxyl groups excluding tert-OH is 1. The maximum Gasteiger partial charge on any atom is 0.163 e. The summed E-state index contributed by atoms with van der Waals surface area (Å²) in [5.74, 6) is -0.342. The number of rotatable bonds is 6. The van der Waals surface area contributed by atoms with E-state index in [4.69, 9.17) is 40.4 Å². The molecule has 2 aliphatic heterocycles. The number of aryl methyl sites for hydroxylation is 2. The minimum Gasteiger partial charge on any atom is -0.394 e. The van der Waals surface area contributed by atoms with E-state index in [1.165, 1.54) is 22.3 Å². The highest BCUT2D eigenvalue weighted by Gasteiger charge is 2.33. The molecule has 2 heterocycles. The van der Waals surface area contributed by atoms with Gasteiger partial charge in [-0.3, -0.25) is 0 Å². The average molecular weight is 525 g/mol. The molecule has 0 aromatic heterocycles. The number of hydrogen-bond donors (Lipinski definition) is 1. The number of alkyl halides is 1.